The topological polar surface area (TPSA) is 104 Å². The first kappa shape index (κ1) is 30.7. The monoisotopic (exact) mass is 539 g/mol. The van der Waals surface area contributed by atoms with Gasteiger partial charge >= 0.3 is 0 Å². The molecule has 0 spiro atoms. The molecule has 0 radical (unpaired) electrons. The largest absolute Gasteiger partial charge is 0.350 e. The highest BCUT2D eigenvalue weighted by atomic mass is 32.2. The van der Waals surface area contributed by atoms with Crippen molar-refractivity contribution in [2.24, 2.45) is 5.92 Å². The molecule has 1 heterocycles. The molecule has 3 amide bonds. The van der Waals surface area contributed by atoms with Crippen LogP contribution in [-0.2, 0) is 25.6 Å². The van der Waals surface area contributed by atoms with Crippen LogP contribution >= 0.6 is 11.8 Å². The first-order valence-electron chi connectivity index (χ1n) is 13.1. The van der Waals surface area contributed by atoms with E-state index < -0.39 is 41.3 Å². The minimum absolute atomic E-state index is 0.0687. The lowest BCUT2D eigenvalue weighted by Gasteiger charge is -2.24. The summed E-state index contributed by atoms with van der Waals surface area (Å²) in [4.78, 5) is 50.8. The number of Topliss-reactive ketones (excluding diaryl/α,β-unsaturated/α-hetero) is 1. The molecule has 0 aromatic heterocycles. The lowest BCUT2D eigenvalue weighted by atomic mass is 9.99. The number of benzene rings is 1. The van der Waals surface area contributed by atoms with E-state index >= 15 is 0 Å². The highest BCUT2D eigenvalue weighted by molar-refractivity contribution is 8.00. The van der Waals surface area contributed by atoms with E-state index in [2.05, 4.69) is 16.0 Å². The molecule has 0 bridgehead atoms. The molecule has 1 fully saturated rings. The Bertz CT molecular complexity index is 938. The van der Waals surface area contributed by atoms with Crippen molar-refractivity contribution >= 4 is 35.3 Å². The quantitative estimate of drug-likeness (QED) is 0.233. The molecule has 206 valence electrons. The molecule has 1 aromatic carbocycles. The van der Waals surface area contributed by atoms with Crippen LogP contribution < -0.4 is 16.0 Å². The molecular formula is C27H39F2N3O4S. The fraction of sp³-hybridized carbons (Fsp3) is 0.630. The lowest BCUT2D eigenvalue weighted by Crippen LogP contribution is -2.54. The Labute approximate surface area is 222 Å². The van der Waals surface area contributed by atoms with Crippen LogP contribution in [0.3, 0.4) is 0 Å². The van der Waals surface area contributed by atoms with Gasteiger partial charge in [-0.1, -0.05) is 26.3 Å². The normalized spacial score (nSPS) is 16.8. The van der Waals surface area contributed by atoms with Gasteiger partial charge in [-0.3, -0.25) is 19.2 Å². The Balaban J connectivity index is 2.04. The number of unbranched alkanes of at least 4 members (excludes halogenated alkanes) is 1. The summed E-state index contributed by atoms with van der Waals surface area (Å²) in [6.07, 6.45) is 5.67. The summed E-state index contributed by atoms with van der Waals surface area (Å²) in [6, 6.07) is 0.941. The maximum Gasteiger partial charge on any atom is 0.289 e. The zero-order valence-electron chi connectivity index (χ0n) is 21.9. The van der Waals surface area contributed by atoms with E-state index in [-0.39, 0.29) is 30.4 Å². The Morgan fingerprint density at radius 2 is 1.81 bits per heavy atom. The molecule has 37 heavy (non-hydrogen) atoms. The van der Waals surface area contributed by atoms with Gasteiger partial charge < -0.3 is 16.0 Å². The van der Waals surface area contributed by atoms with E-state index in [0.717, 1.165) is 31.4 Å². The van der Waals surface area contributed by atoms with Crippen molar-refractivity contribution < 1.29 is 28.0 Å². The predicted molar refractivity (Wildman–Crippen MR) is 141 cm³/mol. The van der Waals surface area contributed by atoms with Gasteiger partial charge in [-0.15, -0.1) is 0 Å². The number of amides is 3. The Morgan fingerprint density at radius 3 is 2.43 bits per heavy atom. The predicted octanol–water partition coefficient (Wildman–Crippen LogP) is 3.68. The molecule has 1 saturated heterocycles. The third kappa shape index (κ3) is 10.8. The minimum Gasteiger partial charge on any atom is -0.350 e. The van der Waals surface area contributed by atoms with Crippen molar-refractivity contribution in [2.75, 3.05) is 12.3 Å². The fourth-order valence-corrected chi connectivity index (χ4v) is 5.62. The number of ketones is 1. The molecule has 0 aliphatic carbocycles. The molecule has 1 aliphatic rings. The molecule has 1 aliphatic heterocycles. The number of hydrogen-bond acceptors (Lipinski definition) is 5. The van der Waals surface area contributed by atoms with Crippen LogP contribution in [0.1, 0.15) is 71.3 Å². The van der Waals surface area contributed by atoms with Crippen LogP contribution in [0.25, 0.3) is 0 Å². The number of carbonyl (C=O) groups is 4. The lowest BCUT2D eigenvalue weighted by molar-refractivity contribution is -0.140. The van der Waals surface area contributed by atoms with E-state index in [0.29, 0.717) is 18.1 Å². The van der Waals surface area contributed by atoms with Crippen LogP contribution in [0.4, 0.5) is 8.78 Å². The van der Waals surface area contributed by atoms with Crippen LogP contribution in [0.2, 0.25) is 0 Å². The summed E-state index contributed by atoms with van der Waals surface area (Å²) in [5, 5.41) is 8.43. The smallest absolute Gasteiger partial charge is 0.289 e. The van der Waals surface area contributed by atoms with Crippen molar-refractivity contribution in [1.29, 1.82) is 0 Å². The Kier molecular flexibility index (Phi) is 13.0. The maximum absolute atomic E-state index is 13.7. The van der Waals surface area contributed by atoms with E-state index in [1.54, 1.807) is 6.92 Å². The van der Waals surface area contributed by atoms with Crippen molar-refractivity contribution in [2.45, 2.75) is 89.5 Å². The molecule has 1 aromatic rings. The number of thioether (sulfide) groups is 1. The van der Waals surface area contributed by atoms with Gasteiger partial charge in [0, 0.05) is 24.6 Å². The van der Waals surface area contributed by atoms with Gasteiger partial charge in [-0.25, -0.2) is 8.78 Å². The van der Waals surface area contributed by atoms with E-state index in [1.165, 1.54) is 24.7 Å². The summed E-state index contributed by atoms with van der Waals surface area (Å²) in [5.41, 5.74) is 0.242. The highest BCUT2D eigenvalue weighted by Gasteiger charge is 2.30. The molecule has 7 nitrogen and oxygen atoms in total. The minimum atomic E-state index is -1.31. The van der Waals surface area contributed by atoms with Gasteiger partial charge in [0.05, 0.1) is 0 Å². The number of likely N-dealkylation sites (N-methyl/N-ethyl adjacent to an activating group) is 1. The van der Waals surface area contributed by atoms with E-state index in [4.69, 9.17) is 0 Å². The summed E-state index contributed by atoms with van der Waals surface area (Å²) >= 11 is 1.99. The third-order valence-electron chi connectivity index (χ3n) is 6.18. The van der Waals surface area contributed by atoms with Gasteiger partial charge in [0.15, 0.2) is 11.6 Å². The zero-order valence-corrected chi connectivity index (χ0v) is 22.7. The second kappa shape index (κ2) is 15.7. The Morgan fingerprint density at radius 1 is 1.05 bits per heavy atom. The molecule has 0 saturated carbocycles. The molecular weight excluding hydrogens is 500 g/mol. The average Bonchev–Trinajstić information content (AvgIpc) is 3.36. The van der Waals surface area contributed by atoms with Crippen LogP contribution in [0, 0.1) is 17.6 Å². The summed E-state index contributed by atoms with van der Waals surface area (Å²) in [6.45, 7) is 5.67. The van der Waals surface area contributed by atoms with Gasteiger partial charge in [-0.05, 0) is 68.4 Å². The van der Waals surface area contributed by atoms with Crippen LogP contribution in [-0.4, -0.2) is 53.1 Å². The highest BCUT2D eigenvalue weighted by Crippen LogP contribution is 2.30. The third-order valence-corrected chi connectivity index (χ3v) is 7.65. The van der Waals surface area contributed by atoms with Crippen LogP contribution in [0.5, 0.6) is 0 Å². The summed E-state index contributed by atoms with van der Waals surface area (Å²) in [5.74, 6) is -3.50. The fourth-order valence-electron chi connectivity index (χ4n) is 4.29. The van der Waals surface area contributed by atoms with Crippen molar-refractivity contribution in [3.8, 4) is 0 Å². The van der Waals surface area contributed by atoms with E-state index in [9.17, 15) is 28.0 Å². The van der Waals surface area contributed by atoms with Gasteiger partial charge in [-0.2, -0.15) is 11.8 Å². The van der Waals surface area contributed by atoms with E-state index in [1.807, 2.05) is 25.6 Å². The van der Waals surface area contributed by atoms with Crippen molar-refractivity contribution in [1.82, 2.24) is 16.0 Å². The molecule has 2 rings (SSSR count). The summed E-state index contributed by atoms with van der Waals surface area (Å²) < 4.78 is 27.1. The number of nitrogens with one attached hydrogen (secondary N) is 3. The second-order valence-corrected chi connectivity index (χ2v) is 11.3. The SMILES string of the molecule is CCNC(=O)C(=O)[C@H](Cc1ccc(F)c(F)c1)NC(=O)[C@H](CC(C)C)NC(=O)CCCCC1CCCS1. The van der Waals surface area contributed by atoms with Gasteiger partial charge in [0.25, 0.3) is 5.91 Å². The zero-order chi connectivity index (χ0) is 27.4. The average molecular weight is 540 g/mol. The first-order chi connectivity index (χ1) is 17.6. The molecule has 10 heteroatoms. The van der Waals surface area contributed by atoms with Crippen LogP contribution in [0.15, 0.2) is 18.2 Å². The first-order valence-corrected chi connectivity index (χ1v) is 14.1. The van der Waals surface area contributed by atoms with Gasteiger partial charge in [0.2, 0.25) is 17.6 Å². The number of hydrogen-bond donors (Lipinski definition) is 3. The number of carbonyl (C=O) groups excluding carboxylic acids is 4. The molecule has 3 atom stereocenters. The number of halogens is 2. The molecule has 3 N–H and O–H groups in total. The second-order valence-electron chi connectivity index (χ2n) is 9.87. The number of rotatable bonds is 15. The van der Waals surface area contributed by atoms with Crippen molar-refractivity contribution in [3.63, 3.8) is 0 Å². The maximum atomic E-state index is 13.7. The Hall–Kier alpha value is -2.49. The summed E-state index contributed by atoms with van der Waals surface area (Å²) in [7, 11) is 0. The molecule has 1 unspecified atom stereocenters. The standard InChI is InChI=1S/C27H39F2N3O4S/c1-4-30-27(36)25(34)22(16-18-11-12-20(28)21(29)15-18)32-26(35)23(14-17(2)3)31-24(33)10-6-5-8-19-9-7-13-37-19/h11-12,15,17,19,22-23H,4-10,13-14,16H2,1-3H3,(H,30,36)(H,31,33)(H,32,35)/t19?,22-,23-/m0/s1. The van der Waals surface area contributed by atoms with Gasteiger partial charge in [0.1, 0.15) is 12.1 Å². The van der Waals surface area contributed by atoms with Crippen molar-refractivity contribution in [3.05, 3.63) is 35.4 Å².